The number of nitrogens with zero attached hydrogens (tertiary/aromatic N) is 3. The van der Waals surface area contributed by atoms with E-state index >= 15 is 0 Å². The Morgan fingerprint density at radius 3 is 2.89 bits per heavy atom. The minimum Gasteiger partial charge on any atom is -0.388 e. The predicted molar refractivity (Wildman–Crippen MR) is 76.0 cm³/mol. The van der Waals surface area contributed by atoms with Crippen LogP contribution in [0, 0.1) is 0 Å². The largest absolute Gasteiger partial charge is 0.388 e. The number of aromatic nitrogens is 3. The maximum absolute atomic E-state index is 9.30. The third-order valence-corrected chi connectivity index (χ3v) is 3.98. The van der Waals surface area contributed by atoms with Gasteiger partial charge in [-0.15, -0.1) is 10.2 Å². The first kappa shape index (κ1) is 14.5. The van der Waals surface area contributed by atoms with Crippen LogP contribution in [0.3, 0.4) is 0 Å². The fourth-order valence-corrected chi connectivity index (χ4v) is 2.32. The second kappa shape index (κ2) is 6.47. The molecule has 0 atom stereocenters. The van der Waals surface area contributed by atoms with E-state index in [0.717, 1.165) is 10.0 Å². The summed E-state index contributed by atoms with van der Waals surface area (Å²) in [5.41, 5.74) is 0.763. The molecule has 1 N–H and O–H groups in total. The lowest BCUT2D eigenvalue weighted by atomic mass is 10.2. The minimum absolute atomic E-state index is 0.178. The molecule has 1 aromatic carbocycles. The first-order valence-corrected chi connectivity index (χ1v) is 6.82. The van der Waals surface area contributed by atoms with Crippen molar-refractivity contribution in [1.29, 1.82) is 0 Å². The molecule has 0 amide bonds. The van der Waals surface area contributed by atoms with Gasteiger partial charge in [-0.2, -0.15) is 0 Å². The number of aliphatic hydroxyl groups excluding tert-OH is 1. The van der Waals surface area contributed by atoms with Crippen LogP contribution < -0.4 is 0 Å². The van der Waals surface area contributed by atoms with Gasteiger partial charge in [0.1, 0.15) is 6.61 Å². The smallest absolute Gasteiger partial charge is 0.165 e. The van der Waals surface area contributed by atoms with Crippen LogP contribution in [-0.2, 0) is 17.9 Å². The molecule has 0 saturated heterocycles. The average Bonchev–Trinajstić information content (AvgIpc) is 2.82. The van der Waals surface area contributed by atoms with Crippen molar-refractivity contribution in [3.8, 4) is 11.4 Å². The van der Waals surface area contributed by atoms with Crippen LogP contribution in [0.5, 0.6) is 0 Å². The zero-order valence-electron chi connectivity index (χ0n) is 10.3. The van der Waals surface area contributed by atoms with Crippen molar-refractivity contribution in [3.05, 3.63) is 33.5 Å². The lowest BCUT2D eigenvalue weighted by Gasteiger charge is -2.10. The number of hydrogen-bond acceptors (Lipinski definition) is 4. The van der Waals surface area contributed by atoms with Crippen LogP contribution >= 0.6 is 27.5 Å². The summed E-state index contributed by atoms with van der Waals surface area (Å²) in [5.74, 6) is 1.11. The van der Waals surface area contributed by atoms with Gasteiger partial charge in [0.25, 0.3) is 0 Å². The van der Waals surface area contributed by atoms with Gasteiger partial charge in [-0.25, -0.2) is 0 Å². The second-order valence-corrected chi connectivity index (χ2v) is 5.08. The summed E-state index contributed by atoms with van der Waals surface area (Å²) in [6.07, 6.45) is 0. The van der Waals surface area contributed by atoms with Crippen LogP contribution in [0.25, 0.3) is 11.4 Å². The molecule has 0 aliphatic rings. The van der Waals surface area contributed by atoms with Gasteiger partial charge in [0.15, 0.2) is 11.6 Å². The lowest BCUT2D eigenvalue weighted by Crippen LogP contribution is -2.10. The summed E-state index contributed by atoms with van der Waals surface area (Å²) < 4.78 is 7.65. The minimum atomic E-state index is -0.178. The van der Waals surface area contributed by atoms with E-state index in [1.54, 1.807) is 11.7 Å². The standard InChI is InChI=1S/C12H13BrClN3O2/c1-19-6-5-17-10(7-18)15-16-12(17)8-3-2-4-9(13)11(8)14/h2-4,18H,5-7H2,1H3. The second-order valence-electron chi connectivity index (χ2n) is 3.84. The van der Waals surface area contributed by atoms with Crippen LogP contribution in [0.2, 0.25) is 5.02 Å². The molecule has 1 aromatic heterocycles. The van der Waals surface area contributed by atoms with Crippen molar-refractivity contribution in [3.63, 3.8) is 0 Å². The average molecular weight is 347 g/mol. The number of ether oxygens (including phenoxy) is 1. The molecule has 2 rings (SSSR count). The van der Waals surface area contributed by atoms with Crippen molar-refractivity contribution >= 4 is 27.5 Å². The Hall–Kier alpha value is -0.950. The summed E-state index contributed by atoms with van der Waals surface area (Å²) in [7, 11) is 1.62. The first-order chi connectivity index (χ1) is 9.19. The number of aliphatic hydroxyl groups is 1. The van der Waals surface area contributed by atoms with Gasteiger partial charge in [-0.1, -0.05) is 17.7 Å². The molecule has 0 spiro atoms. The summed E-state index contributed by atoms with van der Waals surface area (Å²) in [5, 5.41) is 17.9. The molecule has 0 fully saturated rings. The molecule has 7 heteroatoms. The van der Waals surface area contributed by atoms with Crippen molar-refractivity contribution in [2.45, 2.75) is 13.2 Å². The van der Waals surface area contributed by atoms with E-state index < -0.39 is 0 Å². The maximum atomic E-state index is 9.30. The molecule has 0 bridgehead atoms. The Labute approximate surface area is 124 Å². The van der Waals surface area contributed by atoms with Gasteiger partial charge in [0.2, 0.25) is 0 Å². The van der Waals surface area contributed by atoms with E-state index in [9.17, 15) is 5.11 Å². The molecule has 19 heavy (non-hydrogen) atoms. The Morgan fingerprint density at radius 2 is 2.21 bits per heavy atom. The molecule has 0 aliphatic heterocycles. The van der Waals surface area contributed by atoms with Crippen LogP contribution in [-0.4, -0.2) is 33.6 Å². The van der Waals surface area contributed by atoms with Crippen molar-refractivity contribution in [2.24, 2.45) is 0 Å². The zero-order valence-corrected chi connectivity index (χ0v) is 12.6. The summed E-state index contributed by atoms with van der Waals surface area (Å²) in [6.45, 7) is 0.879. The molecular formula is C12H13BrClN3O2. The highest BCUT2D eigenvalue weighted by Crippen LogP contribution is 2.32. The molecule has 2 aromatic rings. The zero-order chi connectivity index (χ0) is 13.8. The SMILES string of the molecule is COCCn1c(CO)nnc1-c1cccc(Br)c1Cl. The predicted octanol–water partition coefficient (Wildman–Crippen LogP) is 2.50. The third kappa shape index (κ3) is 2.97. The van der Waals surface area contributed by atoms with Crippen LogP contribution in [0.15, 0.2) is 22.7 Å². The third-order valence-electron chi connectivity index (χ3n) is 2.68. The Bertz CT molecular complexity index is 574. The lowest BCUT2D eigenvalue weighted by molar-refractivity contribution is 0.183. The highest BCUT2D eigenvalue weighted by molar-refractivity contribution is 9.10. The van der Waals surface area contributed by atoms with E-state index in [4.69, 9.17) is 16.3 Å². The van der Waals surface area contributed by atoms with E-state index in [0.29, 0.717) is 29.8 Å². The normalized spacial score (nSPS) is 10.9. The summed E-state index contributed by atoms with van der Waals surface area (Å²) >= 11 is 9.65. The van der Waals surface area contributed by atoms with Crippen molar-refractivity contribution in [2.75, 3.05) is 13.7 Å². The maximum Gasteiger partial charge on any atom is 0.165 e. The van der Waals surface area contributed by atoms with Crippen molar-refractivity contribution in [1.82, 2.24) is 14.8 Å². The highest BCUT2D eigenvalue weighted by atomic mass is 79.9. The van der Waals surface area contributed by atoms with Crippen LogP contribution in [0.1, 0.15) is 5.82 Å². The molecule has 0 saturated carbocycles. The van der Waals surface area contributed by atoms with Gasteiger partial charge in [-0.05, 0) is 28.1 Å². The number of hydrogen-bond donors (Lipinski definition) is 1. The number of methoxy groups -OCH3 is 1. The Kier molecular flexibility index (Phi) is 4.93. The Balaban J connectivity index is 2.49. The molecule has 0 unspecified atom stereocenters. The van der Waals surface area contributed by atoms with Gasteiger partial charge in [-0.3, -0.25) is 0 Å². The monoisotopic (exact) mass is 345 g/mol. The van der Waals surface area contributed by atoms with E-state index in [2.05, 4.69) is 26.1 Å². The van der Waals surface area contributed by atoms with Gasteiger partial charge < -0.3 is 14.4 Å². The topological polar surface area (TPSA) is 60.2 Å². The van der Waals surface area contributed by atoms with Gasteiger partial charge in [0, 0.05) is 23.7 Å². The fraction of sp³-hybridized carbons (Fsp3) is 0.333. The summed E-state index contributed by atoms with van der Waals surface area (Å²) in [4.78, 5) is 0. The van der Waals surface area contributed by atoms with Gasteiger partial charge >= 0.3 is 0 Å². The molecule has 0 aliphatic carbocycles. The Morgan fingerprint density at radius 1 is 1.42 bits per heavy atom. The molecule has 102 valence electrons. The van der Waals surface area contributed by atoms with Crippen molar-refractivity contribution < 1.29 is 9.84 Å². The van der Waals surface area contributed by atoms with Crippen LogP contribution in [0.4, 0.5) is 0 Å². The molecule has 0 radical (unpaired) electrons. The van der Waals surface area contributed by atoms with E-state index in [1.165, 1.54) is 0 Å². The highest BCUT2D eigenvalue weighted by Gasteiger charge is 2.16. The molecule has 5 nitrogen and oxygen atoms in total. The number of benzene rings is 1. The quantitative estimate of drug-likeness (QED) is 0.903. The van der Waals surface area contributed by atoms with Gasteiger partial charge in [0.05, 0.1) is 11.6 Å². The first-order valence-electron chi connectivity index (χ1n) is 5.65. The summed E-state index contributed by atoms with van der Waals surface area (Å²) in [6, 6.07) is 5.59. The fourth-order valence-electron chi connectivity index (χ4n) is 1.75. The number of halogens is 2. The number of rotatable bonds is 5. The molecular weight excluding hydrogens is 334 g/mol. The van der Waals surface area contributed by atoms with E-state index in [-0.39, 0.29) is 6.61 Å². The van der Waals surface area contributed by atoms with E-state index in [1.807, 2.05) is 18.2 Å². The molecule has 1 heterocycles.